The van der Waals surface area contributed by atoms with Crippen LogP contribution < -0.4 is 5.32 Å². The van der Waals surface area contributed by atoms with Crippen LogP contribution in [-0.4, -0.2) is 22.0 Å². The molecule has 3 aromatic carbocycles. The van der Waals surface area contributed by atoms with Gasteiger partial charge in [0.25, 0.3) is 0 Å². The van der Waals surface area contributed by atoms with E-state index in [4.69, 9.17) is 21.1 Å². The van der Waals surface area contributed by atoms with E-state index in [0.29, 0.717) is 27.2 Å². The van der Waals surface area contributed by atoms with Crippen LogP contribution >= 0.6 is 11.6 Å². The molecule has 1 aromatic heterocycles. The third kappa shape index (κ3) is 5.01. The van der Waals surface area contributed by atoms with Crippen LogP contribution in [0.2, 0.25) is 5.02 Å². The van der Waals surface area contributed by atoms with Gasteiger partial charge in [-0.1, -0.05) is 29.8 Å². The van der Waals surface area contributed by atoms with Crippen LogP contribution in [0.25, 0.3) is 28.6 Å². The molecule has 0 saturated carbocycles. The van der Waals surface area contributed by atoms with Gasteiger partial charge in [0.05, 0.1) is 12.1 Å². The number of amides is 1. The molecule has 0 bridgehead atoms. The summed E-state index contributed by atoms with van der Waals surface area (Å²) in [6.45, 7) is 0. The lowest BCUT2D eigenvalue weighted by atomic mass is 10.1. The molecule has 4 rings (SSSR count). The number of benzene rings is 3. The van der Waals surface area contributed by atoms with Crippen LogP contribution in [0.5, 0.6) is 0 Å². The second kappa shape index (κ2) is 9.03. The maximum atomic E-state index is 14.6. The average Bonchev–Trinajstić information content (AvgIpc) is 3.17. The molecule has 0 radical (unpaired) electrons. The van der Waals surface area contributed by atoms with E-state index in [1.807, 2.05) is 0 Å². The van der Waals surface area contributed by atoms with E-state index in [2.05, 4.69) is 10.3 Å². The third-order valence-corrected chi connectivity index (χ3v) is 4.79. The van der Waals surface area contributed by atoms with E-state index in [1.54, 1.807) is 54.6 Å². The molecule has 1 heterocycles. The smallest absolute Gasteiger partial charge is 0.307 e. The maximum absolute atomic E-state index is 14.6. The zero-order valence-electron chi connectivity index (χ0n) is 16.5. The van der Waals surface area contributed by atoms with Gasteiger partial charge in [0.15, 0.2) is 5.58 Å². The molecule has 1 amide bonds. The van der Waals surface area contributed by atoms with Crippen molar-refractivity contribution in [1.29, 1.82) is 0 Å². The minimum Gasteiger partial charge on any atom is -0.481 e. The Morgan fingerprint density at radius 1 is 1.12 bits per heavy atom. The van der Waals surface area contributed by atoms with Crippen LogP contribution in [0.3, 0.4) is 0 Å². The summed E-state index contributed by atoms with van der Waals surface area (Å²) in [7, 11) is 0. The molecule has 2 N–H and O–H groups in total. The summed E-state index contributed by atoms with van der Waals surface area (Å²) in [6.07, 6.45) is 2.73. The Kier molecular flexibility index (Phi) is 6.00. The number of hydrogen-bond acceptors (Lipinski definition) is 4. The molecule has 32 heavy (non-hydrogen) atoms. The van der Waals surface area contributed by atoms with E-state index >= 15 is 0 Å². The highest BCUT2D eigenvalue weighted by Gasteiger charge is 2.13. The first kappa shape index (κ1) is 21.3. The molecule has 0 aliphatic carbocycles. The zero-order valence-corrected chi connectivity index (χ0v) is 17.3. The van der Waals surface area contributed by atoms with Crippen molar-refractivity contribution in [2.24, 2.45) is 0 Å². The van der Waals surface area contributed by atoms with E-state index in [9.17, 15) is 14.0 Å². The number of nitrogens with one attached hydrogen (secondary N) is 1. The number of carbonyl (C=O) groups excluding carboxylic acids is 1. The van der Waals surface area contributed by atoms with Crippen molar-refractivity contribution < 1.29 is 23.5 Å². The number of aliphatic carboxylic acids is 1. The van der Waals surface area contributed by atoms with Gasteiger partial charge < -0.3 is 14.8 Å². The summed E-state index contributed by atoms with van der Waals surface area (Å²) in [5.41, 5.74) is 2.65. The van der Waals surface area contributed by atoms with Gasteiger partial charge in [0, 0.05) is 16.7 Å². The number of rotatable bonds is 6. The van der Waals surface area contributed by atoms with Gasteiger partial charge in [-0.3, -0.25) is 9.59 Å². The van der Waals surface area contributed by atoms with E-state index < -0.39 is 17.7 Å². The minimum absolute atomic E-state index is 0.00866. The lowest BCUT2D eigenvalue weighted by molar-refractivity contribution is -0.136. The number of aromatic nitrogens is 1. The van der Waals surface area contributed by atoms with E-state index in [1.165, 1.54) is 18.2 Å². The predicted octanol–water partition coefficient (Wildman–Crippen LogP) is 5.57. The molecule has 0 atom stereocenters. The molecule has 0 aliphatic heterocycles. The first-order valence-corrected chi connectivity index (χ1v) is 9.91. The molecule has 0 spiro atoms. The Balaban J connectivity index is 1.50. The van der Waals surface area contributed by atoms with Crippen LogP contribution in [0.15, 0.2) is 71.2 Å². The van der Waals surface area contributed by atoms with Gasteiger partial charge in [-0.2, -0.15) is 0 Å². The Morgan fingerprint density at radius 2 is 1.97 bits per heavy atom. The van der Waals surface area contributed by atoms with Crippen molar-refractivity contribution in [2.45, 2.75) is 6.42 Å². The topological polar surface area (TPSA) is 92.4 Å². The molecule has 4 aromatic rings. The first-order valence-electron chi connectivity index (χ1n) is 9.53. The summed E-state index contributed by atoms with van der Waals surface area (Å²) < 4.78 is 20.2. The molecule has 0 saturated heterocycles. The fourth-order valence-corrected chi connectivity index (χ4v) is 3.29. The Labute approximate surface area is 187 Å². The number of halogens is 2. The summed E-state index contributed by atoms with van der Waals surface area (Å²) in [5.74, 6) is -1.91. The molecular weight excluding hydrogens is 435 g/mol. The Bertz CT molecular complexity index is 1360. The van der Waals surface area contributed by atoms with Crippen molar-refractivity contribution in [1.82, 2.24) is 4.98 Å². The van der Waals surface area contributed by atoms with Gasteiger partial charge in [-0.05, 0) is 59.7 Å². The highest BCUT2D eigenvalue weighted by molar-refractivity contribution is 6.30. The van der Waals surface area contributed by atoms with E-state index in [0.717, 1.165) is 5.56 Å². The van der Waals surface area contributed by atoms with Crippen LogP contribution in [0.1, 0.15) is 11.1 Å². The zero-order chi connectivity index (χ0) is 22.7. The number of nitrogens with zero attached hydrogens (tertiary/aromatic N) is 1. The van der Waals surface area contributed by atoms with Crippen molar-refractivity contribution in [3.8, 4) is 11.5 Å². The molecule has 8 heteroatoms. The summed E-state index contributed by atoms with van der Waals surface area (Å²) in [5, 5.41) is 12.0. The summed E-state index contributed by atoms with van der Waals surface area (Å²) >= 11 is 5.91. The van der Waals surface area contributed by atoms with E-state index in [-0.39, 0.29) is 18.0 Å². The predicted molar refractivity (Wildman–Crippen MR) is 120 cm³/mol. The largest absolute Gasteiger partial charge is 0.481 e. The second-order valence-electron chi connectivity index (χ2n) is 6.96. The molecule has 0 fully saturated rings. The Hall–Kier alpha value is -3.97. The minimum atomic E-state index is -0.949. The quantitative estimate of drug-likeness (QED) is 0.375. The number of carbonyl (C=O) groups is 2. The van der Waals surface area contributed by atoms with Crippen molar-refractivity contribution in [2.75, 3.05) is 5.32 Å². The van der Waals surface area contributed by atoms with Gasteiger partial charge in [-0.25, -0.2) is 9.37 Å². The molecular formula is C24H16ClFN2O4. The van der Waals surface area contributed by atoms with Gasteiger partial charge in [0.1, 0.15) is 11.3 Å². The molecule has 0 unspecified atom stereocenters. The molecule has 6 nitrogen and oxygen atoms in total. The number of anilines is 1. The first-order chi connectivity index (χ1) is 15.4. The lowest BCUT2D eigenvalue weighted by Gasteiger charge is -2.05. The fourth-order valence-electron chi connectivity index (χ4n) is 3.09. The normalized spacial score (nSPS) is 11.2. The Morgan fingerprint density at radius 3 is 2.72 bits per heavy atom. The van der Waals surface area contributed by atoms with Crippen LogP contribution in [-0.2, 0) is 16.0 Å². The highest BCUT2D eigenvalue weighted by atomic mass is 35.5. The standard InChI is InChI=1S/C24H16ClFN2O4/c25-17-3-1-2-14(10-17)5-9-22(29)27-19-7-6-16(13-18(19)26)24-28-20-11-15(12-23(30)31)4-8-21(20)32-24/h1-11,13H,12H2,(H,27,29)(H,30,31)/b9-5+. The monoisotopic (exact) mass is 450 g/mol. The molecule has 0 aliphatic rings. The number of carboxylic acids is 1. The summed E-state index contributed by atoms with van der Waals surface area (Å²) in [4.78, 5) is 27.3. The van der Waals surface area contributed by atoms with Gasteiger partial charge in [-0.15, -0.1) is 0 Å². The maximum Gasteiger partial charge on any atom is 0.307 e. The number of fused-ring (bicyclic) bond motifs is 1. The third-order valence-electron chi connectivity index (χ3n) is 4.56. The highest BCUT2D eigenvalue weighted by Crippen LogP contribution is 2.28. The number of oxazole rings is 1. The fraction of sp³-hybridized carbons (Fsp3) is 0.0417. The van der Waals surface area contributed by atoms with Crippen molar-refractivity contribution in [3.05, 3.63) is 88.7 Å². The lowest BCUT2D eigenvalue weighted by Crippen LogP contribution is -2.09. The molecule has 160 valence electrons. The number of carboxylic acid groups (broad SMARTS) is 1. The van der Waals surface area contributed by atoms with Crippen molar-refractivity contribution in [3.63, 3.8) is 0 Å². The van der Waals surface area contributed by atoms with Crippen LogP contribution in [0, 0.1) is 5.82 Å². The van der Waals surface area contributed by atoms with Crippen molar-refractivity contribution >= 4 is 46.3 Å². The SMILES string of the molecule is O=C(O)Cc1ccc2oc(-c3ccc(NC(=O)/C=C/c4cccc(Cl)c4)c(F)c3)nc2c1. The summed E-state index contributed by atoms with van der Waals surface area (Å²) in [6, 6.07) is 16.1. The van der Waals surface area contributed by atoms with Gasteiger partial charge >= 0.3 is 5.97 Å². The second-order valence-corrected chi connectivity index (χ2v) is 7.40. The average molecular weight is 451 g/mol. The number of hydrogen-bond donors (Lipinski definition) is 2. The van der Waals surface area contributed by atoms with Gasteiger partial charge in [0.2, 0.25) is 11.8 Å². The van der Waals surface area contributed by atoms with Crippen LogP contribution in [0.4, 0.5) is 10.1 Å².